The molecule has 0 amide bonds. The lowest BCUT2D eigenvalue weighted by molar-refractivity contribution is -0.386. The normalized spacial score (nSPS) is 11.7. The number of esters is 1. The van der Waals surface area contributed by atoms with E-state index in [1.807, 2.05) is 0 Å². The van der Waals surface area contributed by atoms with Gasteiger partial charge in [0.25, 0.3) is 0 Å². The van der Waals surface area contributed by atoms with Crippen molar-refractivity contribution in [3.63, 3.8) is 0 Å². The first-order valence-electron chi connectivity index (χ1n) is 5.14. The maximum absolute atomic E-state index is 12.8. The van der Waals surface area contributed by atoms with Crippen molar-refractivity contribution in [1.82, 2.24) is 0 Å². The van der Waals surface area contributed by atoms with Gasteiger partial charge in [0.05, 0.1) is 11.0 Å². The van der Waals surface area contributed by atoms with Gasteiger partial charge in [-0.15, -0.1) is 0 Å². The molecular formula is C11H12FNO5. The first-order chi connectivity index (χ1) is 8.40. The average Bonchev–Trinajstić information content (AvgIpc) is 2.26. The number of nitro groups is 1. The van der Waals surface area contributed by atoms with Crippen LogP contribution in [0.15, 0.2) is 18.2 Å². The van der Waals surface area contributed by atoms with Crippen LogP contribution in [-0.4, -0.2) is 23.6 Å². The summed E-state index contributed by atoms with van der Waals surface area (Å²) in [6.45, 7) is 2.78. The molecular weight excluding hydrogens is 245 g/mol. The highest BCUT2D eigenvalue weighted by molar-refractivity contribution is 5.66. The summed E-state index contributed by atoms with van der Waals surface area (Å²) in [7, 11) is 0. The minimum atomic E-state index is -0.741. The Labute approximate surface area is 102 Å². The molecule has 0 aliphatic heterocycles. The minimum absolute atomic E-state index is 0.0496. The lowest BCUT2D eigenvalue weighted by atomic mass is 10.3. The maximum atomic E-state index is 12.8. The van der Waals surface area contributed by atoms with Crippen LogP contribution >= 0.6 is 0 Å². The number of halogens is 1. The van der Waals surface area contributed by atoms with E-state index in [4.69, 9.17) is 9.47 Å². The maximum Gasteiger partial charge on any atom is 0.313 e. The molecule has 0 radical (unpaired) electrons. The predicted molar refractivity (Wildman–Crippen MR) is 59.8 cm³/mol. The monoisotopic (exact) mass is 257 g/mol. The van der Waals surface area contributed by atoms with Crippen LogP contribution in [-0.2, 0) is 9.53 Å². The molecule has 1 aromatic rings. The number of hydrogen-bond donors (Lipinski definition) is 0. The van der Waals surface area contributed by atoms with Gasteiger partial charge < -0.3 is 9.47 Å². The van der Waals surface area contributed by atoms with Gasteiger partial charge in [0.15, 0.2) is 5.75 Å². The second-order valence-electron chi connectivity index (χ2n) is 3.60. The zero-order valence-corrected chi connectivity index (χ0v) is 9.88. The summed E-state index contributed by atoms with van der Waals surface area (Å²) in [5.41, 5.74) is -0.468. The van der Waals surface area contributed by atoms with Crippen molar-refractivity contribution in [2.45, 2.75) is 20.0 Å². The van der Waals surface area contributed by atoms with Crippen molar-refractivity contribution >= 4 is 11.7 Å². The molecule has 1 aromatic carbocycles. The van der Waals surface area contributed by atoms with E-state index < -0.39 is 28.5 Å². The number of benzene rings is 1. The summed E-state index contributed by atoms with van der Waals surface area (Å²) in [5, 5.41) is 10.7. The number of nitrogens with zero attached hydrogens (tertiary/aromatic N) is 1. The van der Waals surface area contributed by atoms with E-state index in [9.17, 15) is 19.3 Å². The van der Waals surface area contributed by atoms with Crippen LogP contribution in [0.5, 0.6) is 5.75 Å². The van der Waals surface area contributed by atoms with E-state index in [-0.39, 0.29) is 12.4 Å². The lowest BCUT2D eigenvalue weighted by Crippen LogP contribution is -2.20. The Morgan fingerprint density at radius 3 is 2.78 bits per heavy atom. The van der Waals surface area contributed by atoms with Crippen molar-refractivity contribution < 1.29 is 23.6 Å². The zero-order valence-electron chi connectivity index (χ0n) is 9.88. The van der Waals surface area contributed by atoms with Crippen molar-refractivity contribution in [2.24, 2.45) is 0 Å². The van der Waals surface area contributed by atoms with E-state index in [0.29, 0.717) is 0 Å². The largest absolute Gasteiger partial charge is 0.483 e. The Morgan fingerprint density at radius 1 is 1.56 bits per heavy atom. The van der Waals surface area contributed by atoms with Gasteiger partial charge in [0, 0.05) is 6.92 Å². The van der Waals surface area contributed by atoms with Gasteiger partial charge in [-0.25, -0.2) is 4.39 Å². The number of carbonyl (C=O) groups is 1. The molecule has 18 heavy (non-hydrogen) atoms. The smallest absolute Gasteiger partial charge is 0.313 e. The summed E-state index contributed by atoms with van der Waals surface area (Å²) in [6, 6.07) is 2.98. The summed E-state index contributed by atoms with van der Waals surface area (Å²) < 4.78 is 22.8. The summed E-state index contributed by atoms with van der Waals surface area (Å²) >= 11 is 0. The number of ether oxygens (including phenoxy) is 2. The number of rotatable bonds is 5. The summed E-state index contributed by atoms with van der Waals surface area (Å²) in [6.07, 6.45) is -0.549. The second kappa shape index (κ2) is 5.95. The molecule has 0 bridgehead atoms. The van der Waals surface area contributed by atoms with Crippen molar-refractivity contribution in [1.29, 1.82) is 0 Å². The van der Waals surface area contributed by atoms with E-state index in [1.54, 1.807) is 6.92 Å². The number of nitro benzene ring substituents is 1. The van der Waals surface area contributed by atoms with E-state index in [1.165, 1.54) is 6.92 Å². The molecule has 0 aliphatic rings. The van der Waals surface area contributed by atoms with Gasteiger partial charge in [0.1, 0.15) is 18.5 Å². The first kappa shape index (κ1) is 13.9. The van der Waals surface area contributed by atoms with Crippen molar-refractivity contribution in [3.8, 4) is 5.75 Å². The van der Waals surface area contributed by atoms with E-state index in [2.05, 4.69) is 0 Å². The fourth-order valence-corrected chi connectivity index (χ4v) is 1.28. The first-order valence-corrected chi connectivity index (χ1v) is 5.14. The predicted octanol–water partition coefficient (Wildman–Crippen LogP) is 2.06. The van der Waals surface area contributed by atoms with Crippen LogP contribution in [0, 0.1) is 15.9 Å². The highest BCUT2D eigenvalue weighted by Crippen LogP contribution is 2.27. The van der Waals surface area contributed by atoms with Gasteiger partial charge in [-0.1, -0.05) is 0 Å². The van der Waals surface area contributed by atoms with Gasteiger partial charge in [-0.2, -0.15) is 0 Å². The highest BCUT2D eigenvalue weighted by atomic mass is 19.1. The second-order valence-corrected chi connectivity index (χ2v) is 3.60. The van der Waals surface area contributed by atoms with Crippen LogP contribution in [0.3, 0.4) is 0 Å². The van der Waals surface area contributed by atoms with Crippen molar-refractivity contribution in [3.05, 3.63) is 34.1 Å². The topological polar surface area (TPSA) is 78.7 Å². The van der Waals surface area contributed by atoms with Gasteiger partial charge >= 0.3 is 11.7 Å². The number of hydrogen-bond acceptors (Lipinski definition) is 5. The molecule has 0 aliphatic carbocycles. The molecule has 0 N–H and O–H groups in total. The van der Waals surface area contributed by atoms with Crippen LogP contribution < -0.4 is 4.74 Å². The summed E-state index contributed by atoms with van der Waals surface area (Å²) in [5.74, 6) is -1.26. The van der Waals surface area contributed by atoms with Crippen LogP contribution in [0.25, 0.3) is 0 Å². The third-order valence-electron chi connectivity index (χ3n) is 1.96. The Hall–Kier alpha value is -2.18. The van der Waals surface area contributed by atoms with Gasteiger partial charge in [0.2, 0.25) is 0 Å². The van der Waals surface area contributed by atoms with Gasteiger partial charge in [-0.3, -0.25) is 14.9 Å². The molecule has 0 spiro atoms. The van der Waals surface area contributed by atoms with E-state index >= 15 is 0 Å². The third-order valence-corrected chi connectivity index (χ3v) is 1.96. The zero-order chi connectivity index (χ0) is 13.7. The van der Waals surface area contributed by atoms with Crippen molar-refractivity contribution in [2.75, 3.05) is 6.61 Å². The fraction of sp³-hybridized carbons (Fsp3) is 0.364. The molecule has 7 heteroatoms. The van der Waals surface area contributed by atoms with E-state index in [0.717, 1.165) is 18.2 Å². The lowest BCUT2D eigenvalue weighted by Gasteiger charge is -2.13. The standard InChI is InChI=1S/C11H12FNO5/c1-7(18-8(2)14)6-17-11-4-3-9(12)5-10(11)13(15)16/h3-5,7H,6H2,1-2H3. The molecule has 0 saturated carbocycles. The molecule has 98 valence electrons. The molecule has 0 heterocycles. The summed E-state index contributed by atoms with van der Waals surface area (Å²) in [4.78, 5) is 20.6. The molecule has 6 nitrogen and oxygen atoms in total. The Balaban J connectivity index is 2.72. The Bertz CT molecular complexity index is 463. The molecule has 0 aromatic heterocycles. The molecule has 0 saturated heterocycles. The third kappa shape index (κ3) is 4.00. The molecule has 0 fully saturated rings. The molecule has 1 unspecified atom stereocenters. The Morgan fingerprint density at radius 2 is 2.22 bits per heavy atom. The minimum Gasteiger partial charge on any atom is -0.483 e. The fourth-order valence-electron chi connectivity index (χ4n) is 1.28. The average molecular weight is 257 g/mol. The van der Waals surface area contributed by atoms with Crippen LogP contribution in [0.1, 0.15) is 13.8 Å². The molecule has 1 atom stereocenters. The SMILES string of the molecule is CC(=O)OC(C)COc1ccc(F)cc1[N+](=O)[O-]. The van der Waals surface area contributed by atoms with Gasteiger partial charge in [-0.05, 0) is 19.1 Å². The Kier molecular flexibility index (Phi) is 4.59. The number of carbonyl (C=O) groups excluding carboxylic acids is 1. The quantitative estimate of drug-likeness (QED) is 0.458. The van der Waals surface area contributed by atoms with Crippen LogP contribution in [0.4, 0.5) is 10.1 Å². The molecule has 1 rings (SSSR count). The highest BCUT2D eigenvalue weighted by Gasteiger charge is 2.17. The van der Waals surface area contributed by atoms with Crippen LogP contribution in [0.2, 0.25) is 0 Å².